The predicted octanol–water partition coefficient (Wildman–Crippen LogP) is 3.87. The molecule has 0 aliphatic carbocycles. The fourth-order valence-corrected chi connectivity index (χ4v) is 3.59. The summed E-state index contributed by atoms with van der Waals surface area (Å²) in [4.78, 5) is 1.49. The lowest BCUT2D eigenvalue weighted by molar-refractivity contribution is 0.592. The Morgan fingerprint density at radius 1 is 1.24 bits per heavy atom. The predicted molar refractivity (Wildman–Crippen MR) is 76.8 cm³/mol. The third-order valence-electron chi connectivity index (χ3n) is 3.29. The van der Waals surface area contributed by atoms with Gasteiger partial charge in [0.15, 0.2) is 0 Å². The van der Waals surface area contributed by atoms with E-state index >= 15 is 0 Å². The number of rotatable bonds is 7. The number of unbranched alkanes of at least 4 members (excludes halogenated alkanes) is 3. The lowest BCUT2D eigenvalue weighted by atomic mass is 10.1. The van der Waals surface area contributed by atoms with Crippen molar-refractivity contribution in [2.24, 2.45) is 0 Å². The SMILES string of the molecule is CCCCCCNCC1Cc2ccccc2S1. The molecule has 2 heteroatoms. The molecule has 0 fully saturated rings. The molecule has 0 bridgehead atoms. The maximum absolute atomic E-state index is 3.60. The molecule has 0 saturated heterocycles. The van der Waals surface area contributed by atoms with Crippen LogP contribution in [0.3, 0.4) is 0 Å². The first-order valence-electron chi connectivity index (χ1n) is 6.85. The smallest absolute Gasteiger partial charge is 0.0260 e. The van der Waals surface area contributed by atoms with E-state index in [9.17, 15) is 0 Å². The maximum atomic E-state index is 3.60. The monoisotopic (exact) mass is 249 g/mol. The molecular formula is C15H23NS. The fourth-order valence-electron chi connectivity index (χ4n) is 2.31. The van der Waals surface area contributed by atoms with Crippen LogP contribution in [0.5, 0.6) is 0 Å². The molecule has 0 saturated carbocycles. The van der Waals surface area contributed by atoms with Crippen LogP contribution in [-0.4, -0.2) is 18.3 Å². The second-order valence-corrected chi connectivity index (χ2v) is 6.16. The summed E-state index contributed by atoms with van der Waals surface area (Å²) < 4.78 is 0. The molecule has 2 rings (SSSR count). The zero-order chi connectivity index (χ0) is 11.9. The van der Waals surface area contributed by atoms with Gasteiger partial charge in [0.05, 0.1) is 0 Å². The van der Waals surface area contributed by atoms with E-state index < -0.39 is 0 Å². The molecule has 1 unspecified atom stereocenters. The average Bonchev–Trinajstić information content (AvgIpc) is 2.76. The molecule has 1 aromatic rings. The van der Waals surface area contributed by atoms with Crippen LogP contribution in [-0.2, 0) is 6.42 Å². The van der Waals surface area contributed by atoms with Gasteiger partial charge in [-0.05, 0) is 31.0 Å². The number of benzene rings is 1. The largest absolute Gasteiger partial charge is 0.316 e. The normalized spacial score (nSPS) is 18.3. The summed E-state index contributed by atoms with van der Waals surface area (Å²) in [6.07, 6.45) is 6.65. The van der Waals surface area contributed by atoms with Crippen molar-refractivity contribution in [3.63, 3.8) is 0 Å². The van der Waals surface area contributed by atoms with E-state index in [1.165, 1.54) is 49.1 Å². The number of fused-ring (bicyclic) bond motifs is 1. The molecule has 1 N–H and O–H groups in total. The Labute approximate surface area is 109 Å². The van der Waals surface area contributed by atoms with Crippen LogP contribution in [0.1, 0.15) is 38.2 Å². The molecule has 1 atom stereocenters. The van der Waals surface area contributed by atoms with Crippen LogP contribution < -0.4 is 5.32 Å². The minimum atomic E-state index is 0.749. The molecule has 1 heterocycles. The first-order valence-corrected chi connectivity index (χ1v) is 7.73. The minimum absolute atomic E-state index is 0.749. The van der Waals surface area contributed by atoms with Crippen molar-refractivity contribution < 1.29 is 0 Å². The highest BCUT2D eigenvalue weighted by Gasteiger charge is 2.20. The quantitative estimate of drug-likeness (QED) is 0.736. The number of thioether (sulfide) groups is 1. The van der Waals surface area contributed by atoms with Gasteiger partial charge < -0.3 is 5.32 Å². The van der Waals surface area contributed by atoms with E-state index in [1.807, 2.05) is 11.8 Å². The van der Waals surface area contributed by atoms with Crippen molar-refractivity contribution in [1.29, 1.82) is 0 Å². The van der Waals surface area contributed by atoms with Crippen molar-refractivity contribution in [3.05, 3.63) is 29.8 Å². The molecule has 0 amide bonds. The van der Waals surface area contributed by atoms with E-state index in [0.29, 0.717) is 0 Å². The zero-order valence-electron chi connectivity index (χ0n) is 10.7. The van der Waals surface area contributed by atoms with E-state index in [1.54, 1.807) is 0 Å². The van der Waals surface area contributed by atoms with E-state index in [2.05, 4.69) is 36.5 Å². The first-order chi connectivity index (χ1) is 8.40. The van der Waals surface area contributed by atoms with Gasteiger partial charge in [-0.2, -0.15) is 0 Å². The highest BCUT2D eigenvalue weighted by atomic mass is 32.2. The minimum Gasteiger partial charge on any atom is -0.316 e. The second-order valence-electron chi connectivity index (χ2n) is 4.82. The molecule has 1 aromatic carbocycles. The average molecular weight is 249 g/mol. The van der Waals surface area contributed by atoms with Crippen molar-refractivity contribution in [3.8, 4) is 0 Å². The first kappa shape index (κ1) is 13.0. The molecular weight excluding hydrogens is 226 g/mol. The molecule has 1 aliphatic rings. The molecule has 94 valence electrons. The van der Waals surface area contributed by atoms with Gasteiger partial charge in [0.2, 0.25) is 0 Å². The third-order valence-corrected chi connectivity index (χ3v) is 4.61. The highest BCUT2D eigenvalue weighted by Crippen LogP contribution is 2.36. The Hall–Kier alpha value is -0.470. The van der Waals surface area contributed by atoms with Crippen molar-refractivity contribution >= 4 is 11.8 Å². The summed E-state index contributed by atoms with van der Waals surface area (Å²) in [5, 5.41) is 4.35. The Balaban J connectivity index is 1.60. The summed E-state index contributed by atoms with van der Waals surface area (Å²) in [6, 6.07) is 8.82. The van der Waals surface area contributed by atoms with Crippen molar-refractivity contribution in [1.82, 2.24) is 5.32 Å². The number of nitrogens with one attached hydrogen (secondary N) is 1. The Morgan fingerprint density at radius 3 is 2.94 bits per heavy atom. The lowest BCUT2D eigenvalue weighted by Gasteiger charge is -2.09. The van der Waals surface area contributed by atoms with Gasteiger partial charge in [0.25, 0.3) is 0 Å². The standard InChI is InChI=1S/C15H23NS/c1-2-3-4-7-10-16-12-14-11-13-8-5-6-9-15(13)17-14/h5-6,8-9,14,16H,2-4,7,10-12H2,1H3. The topological polar surface area (TPSA) is 12.0 Å². The van der Waals surface area contributed by atoms with Crippen molar-refractivity contribution in [2.75, 3.05) is 13.1 Å². The molecule has 0 radical (unpaired) electrons. The van der Waals surface area contributed by atoms with Crippen LogP contribution in [0.2, 0.25) is 0 Å². The van der Waals surface area contributed by atoms with Crippen LogP contribution in [0.15, 0.2) is 29.2 Å². The fraction of sp³-hybridized carbons (Fsp3) is 0.600. The molecule has 17 heavy (non-hydrogen) atoms. The van der Waals surface area contributed by atoms with Gasteiger partial charge in [0, 0.05) is 16.7 Å². The van der Waals surface area contributed by atoms with Crippen LogP contribution >= 0.6 is 11.8 Å². The van der Waals surface area contributed by atoms with Gasteiger partial charge in [-0.15, -0.1) is 11.8 Å². The van der Waals surface area contributed by atoms with E-state index in [4.69, 9.17) is 0 Å². The van der Waals surface area contributed by atoms with E-state index in [0.717, 1.165) is 11.8 Å². The third kappa shape index (κ3) is 4.04. The highest BCUT2D eigenvalue weighted by molar-refractivity contribution is 8.00. The number of hydrogen-bond acceptors (Lipinski definition) is 2. The van der Waals surface area contributed by atoms with Crippen LogP contribution in [0, 0.1) is 0 Å². The Bertz CT molecular complexity index is 312. The second kappa shape index (κ2) is 7.07. The molecule has 0 spiro atoms. The lowest BCUT2D eigenvalue weighted by Crippen LogP contribution is -2.25. The summed E-state index contributed by atoms with van der Waals surface area (Å²) in [5.74, 6) is 0. The summed E-state index contributed by atoms with van der Waals surface area (Å²) in [6.45, 7) is 4.61. The van der Waals surface area contributed by atoms with E-state index in [-0.39, 0.29) is 0 Å². The van der Waals surface area contributed by atoms with Gasteiger partial charge in [-0.1, -0.05) is 44.4 Å². The molecule has 1 nitrogen and oxygen atoms in total. The zero-order valence-corrected chi connectivity index (χ0v) is 11.6. The number of hydrogen-bond donors (Lipinski definition) is 1. The molecule has 0 aromatic heterocycles. The van der Waals surface area contributed by atoms with Gasteiger partial charge in [0.1, 0.15) is 0 Å². The van der Waals surface area contributed by atoms with Crippen molar-refractivity contribution in [2.45, 2.75) is 49.2 Å². The molecule has 1 aliphatic heterocycles. The van der Waals surface area contributed by atoms with Crippen LogP contribution in [0.4, 0.5) is 0 Å². The summed E-state index contributed by atoms with van der Waals surface area (Å²) in [7, 11) is 0. The van der Waals surface area contributed by atoms with Crippen LogP contribution in [0.25, 0.3) is 0 Å². The maximum Gasteiger partial charge on any atom is 0.0260 e. The van der Waals surface area contributed by atoms with Gasteiger partial charge in [-0.25, -0.2) is 0 Å². The Morgan fingerprint density at radius 2 is 2.12 bits per heavy atom. The summed E-state index contributed by atoms with van der Waals surface area (Å²) in [5.41, 5.74) is 1.54. The van der Waals surface area contributed by atoms with Gasteiger partial charge in [-0.3, -0.25) is 0 Å². The van der Waals surface area contributed by atoms with Gasteiger partial charge >= 0.3 is 0 Å². The summed E-state index contributed by atoms with van der Waals surface area (Å²) >= 11 is 2.04. The Kier molecular flexibility index (Phi) is 5.40.